The average molecular weight is 335 g/mol. The zero-order valence-electron chi connectivity index (χ0n) is 14.6. The van der Waals surface area contributed by atoms with Crippen molar-refractivity contribution in [3.63, 3.8) is 0 Å². The molecule has 0 aliphatic heterocycles. The van der Waals surface area contributed by atoms with Crippen LogP contribution < -0.4 is 10.1 Å². The summed E-state index contributed by atoms with van der Waals surface area (Å²) in [5.74, 6) is 2.36. The van der Waals surface area contributed by atoms with Gasteiger partial charge < -0.3 is 10.1 Å². The van der Waals surface area contributed by atoms with Crippen molar-refractivity contribution in [1.29, 1.82) is 0 Å². The molecule has 6 nitrogen and oxygen atoms in total. The second-order valence-electron chi connectivity index (χ2n) is 6.04. The molecule has 0 radical (unpaired) electrons. The summed E-state index contributed by atoms with van der Waals surface area (Å²) in [7, 11) is 0. The number of hydrogen-bond acceptors (Lipinski definition) is 6. The molecule has 3 heterocycles. The standard InChI is InChI=1S/C19H21N5O/c1-13(2)17-9-18(24-12-23-17)22-10-15-5-4-8-20-19(15)25-16-7-6-14(3)21-11-16/h4-9,11-13H,10H2,1-3H3,(H,22,23,24). The lowest BCUT2D eigenvalue weighted by Gasteiger charge is -2.12. The van der Waals surface area contributed by atoms with Gasteiger partial charge in [0.05, 0.1) is 6.20 Å². The lowest BCUT2D eigenvalue weighted by atomic mass is 10.1. The Balaban J connectivity index is 1.73. The predicted molar refractivity (Wildman–Crippen MR) is 96.7 cm³/mol. The maximum absolute atomic E-state index is 5.87. The fourth-order valence-corrected chi connectivity index (χ4v) is 2.25. The number of anilines is 1. The number of aromatic nitrogens is 4. The summed E-state index contributed by atoms with van der Waals surface area (Å²) in [6.07, 6.45) is 4.98. The Hall–Kier alpha value is -3.02. The number of aryl methyl sites for hydroxylation is 1. The van der Waals surface area contributed by atoms with Crippen molar-refractivity contribution < 1.29 is 4.74 Å². The van der Waals surface area contributed by atoms with Gasteiger partial charge in [0.25, 0.3) is 0 Å². The van der Waals surface area contributed by atoms with Crippen LogP contribution in [0.25, 0.3) is 0 Å². The molecule has 0 saturated heterocycles. The molecule has 6 heteroatoms. The van der Waals surface area contributed by atoms with Gasteiger partial charge in [-0.1, -0.05) is 19.9 Å². The smallest absolute Gasteiger partial charge is 0.224 e. The van der Waals surface area contributed by atoms with E-state index < -0.39 is 0 Å². The van der Waals surface area contributed by atoms with E-state index in [-0.39, 0.29) is 0 Å². The first-order valence-electron chi connectivity index (χ1n) is 8.22. The number of rotatable bonds is 6. The molecule has 128 valence electrons. The van der Waals surface area contributed by atoms with Crippen LogP contribution in [0.1, 0.15) is 36.7 Å². The molecule has 3 aromatic rings. The van der Waals surface area contributed by atoms with Crippen molar-refractivity contribution in [2.24, 2.45) is 0 Å². The summed E-state index contributed by atoms with van der Waals surface area (Å²) in [4.78, 5) is 17.1. The van der Waals surface area contributed by atoms with Crippen molar-refractivity contribution in [3.05, 3.63) is 66.0 Å². The van der Waals surface area contributed by atoms with Gasteiger partial charge in [-0.25, -0.2) is 15.0 Å². The second-order valence-corrected chi connectivity index (χ2v) is 6.04. The minimum atomic E-state index is 0.356. The second kappa shape index (κ2) is 7.70. The van der Waals surface area contributed by atoms with Gasteiger partial charge in [0.1, 0.15) is 17.9 Å². The Labute approximate surface area is 147 Å². The normalized spacial score (nSPS) is 10.7. The van der Waals surface area contributed by atoms with Crippen molar-refractivity contribution >= 4 is 5.82 Å². The molecule has 0 fully saturated rings. The van der Waals surface area contributed by atoms with Crippen LogP contribution in [0, 0.1) is 6.92 Å². The van der Waals surface area contributed by atoms with Crippen LogP contribution in [0.5, 0.6) is 11.6 Å². The Bertz CT molecular complexity index is 833. The van der Waals surface area contributed by atoms with Gasteiger partial charge >= 0.3 is 0 Å². The van der Waals surface area contributed by atoms with Crippen molar-refractivity contribution in [2.45, 2.75) is 33.2 Å². The zero-order chi connectivity index (χ0) is 17.6. The van der Waals surface area contributed by atoms with Crippen LogP contribution in [0.2, 0.25) is 0 Å². The van der Waals surface area contributed by atoms with Gasteiger partial charge in [-0.05, 0) is 31.0 Å². The molecule has 0 saturated carbocycles. The molecule has 0 aliphatic carbocycles. The van der Waals surface area contributed by atoms with Crippen molar-refractivity contribution in [1.82, 2.24) is 19.9 Å². The quantitative estimate of drug-likeness (QED) is 0.731. The Kier molecular flexibility index (Phi) is 5.18. The highest BCUT2D eigenvalue weighted by molar-refractivity contribution is 5.39. The molecule has 0 aliphatic rings. The fourth-order valence-electron chi connectivity index (χ4n) is 2.25. The molecule has 0 bridgehead atoms. The molecule has 0 spiro atoms. The summed E-state index contributed by atoms with van der Waals surface area (Å²) in [6, 6.07) is 9.61. The van der Waals surface area contributed by atoms with Gasteiger partial charge in [-0.3, -0.25) is 4.98 Å². The average Bonchev–Trinajstić information content (AvgIpc) is 2.63. The molecule has 25 heavy (non-hydrogen) atoms. The number of nitrogens with zero attached hydrogens (tertiary/aromatic N) is 4. The summed E-state index contributed by atoms with van der Waals surface area (Å²) in [5.41, 5.74) is 2.89. The molecule has 3 rings (SSSR count). The highest BCUT2D eigenvalue weighted by Gasteiger charge is 2.08. The van der Waals surface area contributed by atoms with Crippen LogP contribution in [0.3, 0.4) is 0 Å². The van der Waals surface area contributed by atoms with E-state index in [2.05, 4.69) is 39.1 Å². The number of ether oxygens (including phenoxy) is 1. The lowest BCUT2D eigenvalue weighted by Crippen LogP contribution is -2.05. The van der Waals surface area contributed by atoms with Crippen molar-refractivity contribution in [3.8, 4) is 11.6 Å². The monoisotopic (exact) mass is 335 g/mol. The lowest BCUT2D eigenvalue weighted by molar-refractivity contribution is 0.454. The molecule has 0 unspecified atom stereocenters. The fraction of sp³-hybridized carbons (Fsp3) is 0.263. The third-order valence-electron chi connectivity index (χ3n) is 3.69. The third kappa shape index (κ3) is 4.50. The van der Waals surface area contributed by atoms with Crippen LogP contribution in [-0.2, 0) is 6.54 Å². The van der Waals surface area contributed by atoms with E-state index >= 15 is 0 Å². The minimum absolute atomic E-state index is 0.356. The van der Waals surface area contributed by atoms with Crippen molar-refractivity contribution in [2.75, 3.05) is 5.32 Å². The Morgan fingerprint density at radius 3 is 2.72 bits per heavy atom. The maximum atomic E-state index is 5.87. The van der Waals surface area contributed by atoms with Crippen LogP contribution in [0.4, 0.5) is 5.82 Å². The molecule has 3 aromatic heterocycles. The Morgan fingerprint density at radius 1 is 1.08 bits per heavy atom. The molecule has 1 N–H and O–H groups in total. The SMILES string of the molecule is Cc1ccc(Oc2ncccc2CNc2cc(C(C)C)ncn2)cn1. The Morgan fingerprint density at radius 2 is 1.96 bits per heavy atom. The third-order valence-corrected chi connectivity index (χ3v) is 3.69. The number of hydrogen-bond donors (Lipinski definition) is 1. The first-order chi connectivity index (χ1) is 12.1. The van der Waals surface area contributed by atoms with Crippen LogP contribution in [0.15, 0.2) is 49.1 Å². The molecular weight excluding hydrogens is 314 g/mol. The summed E-state index contributed by atoms with van der Waals surface area (Å²) < 4.78 is 5.87. The van der Waals surface area contributed by atoms with Gasteiger partial charge in [0, 0.05) is 35.8 Å². The van der Waals surface area contributed by atoms with E-state index in [4.69, 9.17) is 4.74 Å². The first-order valence-corrected chi connectivity index (χ1v) is 8.22. The number of pyridine rings is 2. The topological polar surface area (TPSA) is 72.8 Å². The molecular formula is C19H21N5O. The van der Waals surface area contributed by atoms with Gasteiger partial charge in [-0.15, -0.1) is 0 Å². The van der Waals surface area contributed by atoms with E-state index in [0.717, 1.165) is 22.8 Å². The summed E-state index contributed by atoms with van der Waals surface area (Å²) in [6.45, 7) is 6.70. The number of nitrogens with one attached hydrogen (secondary N) is 1. The van der Waals surface area contributed by atoms with E-state index in [0.29, 0.717) is 24.1 Å². The van der Waals surface area contributed by atoms with E-state index in [1.54, 1.807) is 18.7 Å². The van der Waals surface area contributed by atoms with Gasteiger partial charge in [-0.2, -0.15) is 0 Å². The summed E-state index contributed by atoms with van der Waals surface area (Å²) in [5, 5.41) is 3.30. The highest BCUT2D eigenvalue weighted by Crippen LogP contribution is 2.23. The van der Waals surface area contributed by atoms with Gasteiger partial charge in [0.15, 0.2) is 0 Å². The maximum Gasteiger partial charge on any atom is 0.224 e. The van der Waals surface area contributed by atoms with E-state index in [1.807, 2.05) is 37.3 Å². The zero-order valence-corrected chi connectivity index (χ0v) is 14.6. The minimum Gasteiger partial charge on any atom is -0.437 e. The molecule has 0 atom stereocenters. The molecule has 0 aromatic carbocycles. The first kappa shape index (κ1) is 16.8. The highest BCUT2D eigenvalue weighted by atomic mass is 16.5. The molecule has 0 amide bonds. The largest absolute Gasteiger partial charge is 0.437 e. The summed E-state index contributed by atoms with van der Waals surface area (Å²) >= 11 is 0. The van der Waals surface area contributed by atoms with E-state index in [9.17, 15) is 0 Å². The predicted octanol–water partition coefficient (Wildman–Crippen LogP) is 4.10. The van der Waals surface area contributed by atoms with Crippen LogP contribution in [-0.4, -0.2) is 19.9 Å². The van der Waals surface area contributed by atoms with E-state index in [1.165, 1.54) is 0 Å². The van der Waals surface area contributed by atoms with Gasteiger partial charge in [0.2, 0.25) is 5.88 Å². The van der Waals surface area contributed by atoms with Crippen LogP contribution >= 0.6 is 0 Å².